The number of esters is 2. The van der Waals surface area contributed by atoms with Crippen molar-refractivity contribution in [1.82, 2.24) is 0 Å². The number of nitrogens with two attached hydrogens (primary N) is 1. The van der Waals surface area contributed by atoms with Crippen molar-refractivity contribution < 1.29 is 24.5 Å². The number of aliphatic hydroxyl groups excluding tert-OH is 2. The Hall–Kier alpha value is -0.980. The molecule has 0 aliphatic carbocycles. The minimum absolute atomic E-state index is 0.605. The highest BCUT2D eigenvalue weighted by molar-refractivity contribution is 5.90. The third-order valence-corrected chi connectivity index (χ3v) is 1.04. The maximum atomic E-state index is 10.6. The Balaban J connectivity index is 3.93. The third-order valence-electron chi connectivity index (χ3n) is 1.04. The second-order valence-corrected chi connectivity index (χ2v) is 2.21. The molecule has 1 unspecified atom stereocenters. The Morgan fingerprint density at radius 1 is 1.50 bits per heavy atom. The molecule has 0 aromatic heterocycles. The monoisotopic (exact) mass is 177 g/mol. The molecule has 0 bridgehead atoms. The average molecular weight is 177 g/mol. The van der Waals surface area contributed by atoms with Crippen LogP contribution < -0.4 is 5.73 Å². The Morgan fingerprint density at radius 2 is 2.00 bits per heavy atom. The molecule has 0 saturated carbocycles. The summed E-state index contributed by atoms with van der Waals surface area (Å²) in [5.41, 5.74) is 5.01. The van der Waals surface area contributed by atoms with Gasteiger partial charge < -0.3 is 20.7 Å². The standard InChI is InChI=1S/C6H11NO5/c1-3(9)5(10)12-6(11)4(7)2-8/h3-4,8-9H,2,7H2,1H3/t3?,4-/m1/s1. The summed E-state index contributed by atoms with van der Waals surface area (Å²) < 4.78 is 4.05. The van der Waals surface area contributed by atoms with Crippen LogP contribution in [0.4, 0.5) is 0 Å². The molecular formula is C6H11NO5. The molecule has 0 heterocycles. The van der Waals surface area contributed by atoms with Gasteiger partial charge in [0.05, 0.1) is 6.61 Å². The maximum Gasteiger partial charge on any atom is 0.342 e. The molecule has 0 aromatic carbocycles. The number of ether oxygens (including phenoxy) is 1. The molecule has 70 valence electrons. The number of hydrogen-bond donors (Lipinski definition) is 3. The second kappa shape index (κ2) is 4.81. The van der Waals surface area contributed by atoms with E-state index in [9.17, 15) is 9.59 Å². The lowest BCUT2D eigenvalue weighted by molar-refractivity contribution is -0.166. The maximum absolute atomic E-state index is 10.6. The van der Waals surface area contributed by atoms with Crippen LogP contribution in [-0.2, 0) is 14.3 Å². The molecule has 2 atom stereocenters. The van der Waals surface area contributed by atoms with Crippen LogP contribution in [0, 0.1) is 0 Å². The average Bonchev–Trinajstić information content (AvgIpc) is 2.02. The SMILES string of the molecule is CC(O)C(=O)OC(=O)[C@H](N)CO. The molecule has 4 N–H and O–H groups in total. The van der Waals surface area contributed by atoms with E-state index < -0.39 is 30.7 Å². The normalized spacial score (nSPS) is 15.0. The minimum Gasteiger partial charge on any atom is -0.394 e. The molecule has 0 aromatic rings. The van der Waals surface area contributed by atoms with Crippen LogP contribution in [0.2, 0.25) is 0 Å². The van der Waals surface area contributed by atoms with Gasteiger partial charge in [0.1, 0.15) is 12.1 Å². The van der Waals surface area contributed by atoms with Gasteiger partial charge in [0.25, 0.3) is 0 Å². The molecule has 0 amide bonds. The van der Waals surface area contributed by atoms with E-state index in [0.29, 0.717) is 0 Å². The van der Waals surface area contributed by atoms with Crippen LogP contribution in [-0.4, -0.2) is 40.9 Å². The first kappa shape index (κ1) is 11.0. The highest BCUT2D eigenvalue weighted by Crippen LogP contribution is 1.90. The second-order valence-electron chi connectivity index (χ2n) is 2.21. The molecular weight excluding hydrogens is 166 g/mol. The highest BCUT2D eigenvalue weighted by Gasteiger charge is 2.20. The van der Waals surface area contributed by atoms with E-state index in [1.54, 1.807) is 0 Å². The molecule has 0 saturated heterocycles. The van der Waals surface area contributed by atoms with Crippen molar-refractivity contribution in [3.63, 3.8) is 0 Å². The summed E-state index contributed by atoms with van der Waals surface area (Å²) >= 11 is 0. The predicted octanol–water partition coefficient (Wildman–Crippen LogP) is -2.24. The van der Waals surface area contributed by atoms with Gasteiger partial charge in [-0.3, -0.25) is 0 Å². The number of carbonyl (C=O) groups is 2. The van der Waals surface area contributed by atoms with Gasteiger partial charge in [-0.15, -0.1) is 0 Å². The first-order chi connectivity index (χ1) is 5.49. The summed E-state index contributed by atoms with van der Waals surface area (Å²) in [5.74, 6) is -2.13. The topological polar surface area (TPSA) is 110 Å². The quantitative estimate of drug-likeness (QED) is 0.332. The van der Waals surface area contributed by atoms with Crippen LogP contribution in [0.3, 0.4) is 0 Å². The van der Waals surface area contributed by atoms with Gasteiger partial charge in [0.15, 0.2) is 0 Å². The fourth-order valence-electron chi connectivity index (χ4n) is 0.335. The van der Waals surface area contributed by atoms with Crippen LogP contribution in [0.25, 0.3) is 0 Å². The van der Waals surface area contributed by atoms with Crippen molar-refractivity contribution in [1.29, 1.82) is 0 Å². The molecule has 0 rings (SSSR count). The van der Waals surface area contributed by atoms with E-state index in [4.69, 9.17) is 15.9 Å². The fourth-order valence-corrected chi connectivity index (χ4v) is 0.335. The zero-order chi connectivity index (χ0) is 9.72. The predicted molar refractivity (Wildman–Crippen MR) is 37.8 cm³/mol. The third kappa shape index (κ3) is 3.42. The number of rotatable bonds is 3. The zero-order valence-electron chi connectivity index (χ0n) is 6.56. The van der Waals surface area contributed by atoms with E-state index in [-0.39, 0.29) is 0 Å². The number of aliphatic hydroxyl groups is 2. The summed E-state index contributed by atoms with van der Waals surface area (Å²) in [4.78, 5) is 21.2. The number of hydrogen-bond acceptors (Lipinski definition) is 6. The molecule has 0 spiro atoms. The Labute approximate surface area is 68.9 Å². The van der Waals surface area contributed by atoms with Crippen molar-refractivity contribution in [2.75, 3.05) is 6.61 Å². The lowest BCUT2D eigenvalue weighted by Gasteiger charge is -2.07. The first-order valence-electron chi connectivity index (χ1n) is 3.29. The van der Waals surface area contributed by atoms with E-state index in [0.717, 1.165) is 6.92 Å². The Morgan fingerprint density at radius 3 is 2.33 bits per heavy atom. The Kier molecular flexibility index (Phi) is 4.42. The zero-order valence-corrected chi connectivity index (χ0v) is 6.56. The summed E-state index contributed by atoms with van der Waals surface area (Å²) in [5, 5.41) is 17.0. The molecule has 0 radical (unpaired) electrons. The molecule has 0 aliphatic rings. The minimum atomic E-state index is -1.38. The summed E-state index contributed by atoms with van der Waals surface area (Å²) in [6.07, 6.45) is -1.38. The van der Waals surface area contributed by atoms with E-state index in [1.807, 2.05) is 0 Å². The van der Waals surface area contributed by atoms with Gasteiger partial charge in [-0.25, -0.2) is 9.59 Å². The smallest absolute Gasteiger partial charge is 0.342 e. The largest absolute Gasteiger partial charge is 0.394 e. The van der Waals surface area contributed by atoms with Gasteiger partial charge >= 0.3 is 11.9 Å². The molecule has 0 aliphatic heterocycles. The van der Waals surface area contributed by atoms with Crippen molar-refractivity contribution in [3.8, 4) is 0 Å². The lowest BCUT2D eigenvalue weighted by Crippen LogP contribution is -2.38. The lowest BCUT2D eigenvalue weighted by atomic mass is 10.3. The molecule has 0 fully saturated rings. The van der Waals surface area contributed by atoms with Gasteiger partial charge in [-0.05, 0) is 6.92 Å². The van der Waals surface area contributed by atoms with Crippen molar-refractivity contribution in [2.45, 2.75) is 19.1 Å². The van der Waals surface area contributed by atoms with Gasteiger partial charge in [0.2, 0.25) is 0 Å². The fraction of sp³-hybridized carbons (Fsp3) is 0.667. The summed E-state index contributed by atoms with van der Waals surface area (Å²) in [7, 11) is 0. The Bertz CT molecular complexity index is 179. The van der Waals surface area contributed by atoms with Crippen molar-refractivity contribution in [2.24, 2.45) is 5.73 Å². The van der Waals surface area contributed by atoms with Crippen LogP contribution in [0.15, 0.2) is 0 Å². The number of carbonyl (C=O) groups excluding carboxylic acids is 2. The van der Waals surface area contributed by atoms with Crippen molar-refractivity contribution >= 4 is 11.9 Å². The molecule has 6 nitrogen and oxygen atoms in total. The van der Waals surface area contributed by atoms with Gasteiger partial charge in [0, 0.05) is 0 Å². The van der Waals surface area contributed by atoms with Crippen LogP contribution >= 0.6 is 0 Å². The van der Waals surface area contributed by atoms with E-state index >= 15 is 0 Å². The summed E-state index contributed by atoms with van der Waals surface area (Å²) in [6, 6.07) is -1.24. The van der Waals surface area contributed by atoms with E-state index in [1.165, 1.54) is 0 Å². The highest BCUT2D eigenvalue weighted by atomic mass is 16.6. The van der Waals surface area contributed by atoms with Gasteiger partial charge in [-0.1, -0.05) is 0 Å². The van der Waals surface area contributed by atoms with Crippen LogP contribution in [0.5, 0.6) is 0 Å². The van der Waals surface area contributed by atoms with Crippen LogP contribution in [0.1, 0.15) is 6.92 Å². The van der Waals surface area contributed by atoms with Crippen molar-refractivity contribution in [3.05, 3.63) is 0 Å². The molecule has 6 heteroatoms. The first-order valence-corrected chi connectivity index (χ1v) is 3.29. The summed E-state index contributed by atoms with van der Waals surface area (Å²) in [6.45, 7) is 0.548. The van der Waals surface area contributed by atoms with Gasteiger partial charge in [-0.2, -0.15) is 0 Å². The molecule has 12 heavy (non-hydrogen) atoms. The van der Waals surface area contributed by atoms with E-state index in [2.05, 4.69) is 4.74 Å².